The minimum atomic E-state index is -0.602. The fourth-order valence-corrected chi connectivity index (χ4v) is 2.96. The van der Waals surface area contributed by atoms with E-state index in [1.54, 1.807) is 31.3 Å². The van der Waals surface area contributed by atoms with Crippen LogP contribution in [0.3, 0.4) is 0 Å². The van der Waals surface area contributed by atoms with Crippen molar-refractivity contribution in [3.05, 3.63) is 66.9 Å². The highest BCUT2D eigenvalue weighted by molar-refractivity contribution is 6.35. The van der Waals surface area contributed by atoms with Gasteiger partial charge < -0.3 is 0 Å². The van der Waals surface area contributed by atoms with Gasteiger partial charge in [-0.05, 0) is 25.2 Å². The molecule has 2 aromatic rings. The molecule has 0 saturated carbocycles. The predicted octanol–water partition coefficient (Wildman–Crippen LogP) is 1.81. The number of aromatic nitrogens is 2. The summed E-state index contributed by atoms with van der Waals surface area (Å²) in [5.74, 6) is -0.469. The summed E-state index contributed by atoms with van der Waals surface area (Å²) in [5, 5.41) is 0.275. The first kappa shape index (κ1) is 19.1. The van der Waals surface area contributed by atoms with E-state index in [0.29, 0.717) is 12.2 Å². The Morgan fingerprint density at radius 2 is 1.68 bits per heavy atom. The quantitative estimate of drug-likeness (QED) is 0.734. The summed E-state index contributed by atoms with van der Waals surface area (Å²) in [6.07, 6.45) is 0. The molecular formula is C18H22ClN3O3. The maximum atomic E-state index is 13.1. The van der Waals surface area contributed by atoms with Crippen molar-refractivity contribution >= 4 is 17.4 Å². The number of benzene rings is 1. The normalized spacial score (nSPS) is 11.1. The largest absolute Gasteiger partial charge is 0.330 e. The lowest BCUT2D eigenvalue weighted by Gasteiger charge is -2.22. The van der Waals surface area contributed by atoms with Crippen molar-refractivity contribution < 1.29 is 4.79 Å². The molecule has 1 aromatic heterocycles. The summed E-state index contributed by atoms with van der Waals surface area (Å²) in [7, 11) is 2.94. The Morgan fingerprint density at radius 3 is 2.24 bits per heavy atom. The van der Waals surface area contributed by atoms with Gasteiger partial charge in [-0.1, -0.05) is 37.6 Å². The van der Waals surface area contributed by atoms with E-state index in [4.69, 9.17) is 11.6 Å². The molecule has 134 valence electrons. The first-order valence-electron chi connectivity index (χ1n) is 8.13. The highest BCUT2D eigenvalue weighted by atomic mass is 35.5. The Kier molecular flexibility index (Phi) is 5.98. The first-order valence-corrected chi connectivity index (χ1v) is 8.51. The van der Waals surface area contributed by atoms with Crippen LogP contribution in [0.5, 0.6) is 0 Å². The molecule has 7 heteroatoms. The van der Waals surface area contributed by atoms with E-state index in [1.807, 2.05) is 18.7 Å². The Morgan fingerprint density at radius 1 is 1.08 bits per heavy atom. The molecular weight excluding hydrogens is 342 g/mol. The molecule has 0 radical (unpaired) electrons. The van der Waals surface area contributed by atoms with Gasteiger partial charge in [0.25, 0.3) is 5.56 Å². The number of carbonyl (C=O) groups excluding carboxylic acids is 1. The lowest BCUT2D eigenvalue weighted by Crippen LogP contribution is -2.43. The molecule has 2 rings (SSSR count). The number of nitrogens with zero attached hydrogens (tertiary/aromatic N) is 3. The second kappa shape index (κ2) is 7.80. The van der Waals surface area contributed by atoms with Crippen molar-refractivity contribution in [1.29, 1.82) is 0 Å². The molecule has 0 aliphatic rings. The molecule has 6 nitrogen and oxygen atoms in total. The average molecular weight is 364 g/mol. The number of hydrogen-bond acceptors (Lipinski definition) is 4. The Balaban J connectivity index is 2.75. The minimum absolute atomic E-state index is 0.00963. The lowest BCUT2D eigenvalue weighted by molar-refractivity contribution is 0.103. The highest BCUT2D eigenvalue weighted by Crippen LogP contribution is 2.19. The summed E-state index contributed by atoms with van der Waals surface area (Å²) in [6, 6.07) is 6.59. The summed E-state index contributed by atoms with van der Waals surface area (Å²) in [4.78, 5) is 40.1. The SMILES string of the molecule is CCN(CC)Cc1c(C(=O)c2ccccc2Cl)c(=O)n(C)c(=O)n1C. The molecule has 0 atom stereocenters. The first-order chi connectivity index (χ1) is 11.8. The van der Waals surface area contributed by atoms with Crippen LogP contribution in [-0.2, 0) is 20.6 Å². The van der Waals surface area contributed by atoms with E-state index in [0.717, 1.165) is 17.7 Å². The second-order valence-electron chi connectivity index (χ2n) is 5.80. The molecule has 0 fully saturated rings. The van der Waals surface area contributed by atoms with Gasteiger partial charge in [-0.25, -0.2) is 4.79 Å². The summed E-state index contributed by atoms with van der Waals surface area (Å²) in [5.41, 5.74) is -0.412. The van der Waals surface area contributed by atoms with E-state index in [2.05, 4.69) is 0 Å². The third-order valence-corrected chi connectivity index (χ3v) is 4.73. The molecule has 1 aromatic carbocycles. The average Bonchev–Trinajstić information content (AvgIpc) is 2.61. The Bertz CT molecular complexity index is 911. The molecule has 1 heterocycles. The lowest BCUT2D eigenvalue weighted by atomic mass is 10.0. The molecule has 0 N–H and O–H groups in total. The molecule has 25 heavy (non-hydrogen) atoms. The van der Waals surface area contributed by atoms with Crippen molar-refractivity contribution in [3.63, 3.8) is 0 Å². The fraction of sp³-hybridized carbons (Fsp3) is 0.389. The minimum Gasteiger partial charge on any atom is -0.299 e. The number of hydrogen-bond donors (Lipinski definition) is 0. The van der Waals surface area contributed by atoms with Crippen LogP contribution in [-0.4, -0.2) is 32.9 Å². The third-order valence-electron chi connectivity index (χ3n) is 4.40. The van der Waals surface area contributed by atoms with Gasteiger partial charge in [0.1, 0.15) is 5.56 Å². The van der Waals surface area contributed by atoms with Crippen LogP contribution in [0, 0.1) is 0 Å². The van der Waals surface area contributed by atoms with Crippen molar-refractivity contribution in [1.82, 2.24) is 14.0 Å². The standard InChI is InChI=1S/C18H22ClN3O3/c1-5-22(6-2)11-14-15(17(24)21(4)18(25)20(14)3)16(23)12-9-7-8-10-13(12)19/h7-10H,5-6,11H2,1-4H3. The van der Waals surface area contributed by atoms with Crippen LogP contribution in [0.1, 0.15) is 35.5 Å². The van der Waals surface area contributed by atoms with Gasteiger partial charge in [0.2, 0.25) is 5.78 Å². The molecule has 0 amide bonds. The maximum Gasteiger partial charge on any atom is 0.330 e. The van der Waals surface area contributed by atoms with Crippen LogP contribution < -0.4 is 11.2 Å². The van der Waals surface area contributed by atoms with Crippen molar-refractivity contribution in [3.8, 4) is 0 Å². The van der Waals surface area contributed by atoms with Crippen LogP contribution in [0.2, 0.25) is 5.02 Å². The smallest absolute Gasteiger partial charge is 0.299 e. The van der Waals surface area contributed by atoms with Gasteiger partial charge in [-0.2, -0.15) is 0 Å². The maximum absolute atomic E-state index is 13.1. The van der Waals surface area contributed by atoms with Crippen molar-refractivity contribution in [2.75, 3.05) is 13.1 Å². The third kappa shape index (κ3) is 3.60. The second-order valence-corrected chi connectivity index (χ2v) is 6.21. The molecule has 0 spiro atoms. The van der Waals surface area contributed by atoms with Gasteiger partial charge >= 0.3 is 5.69 Å². The van der Waals surface area contributed by atoms with E-state index in [1.165, 1.54) is 11.6 Å². The Labute approximate surface area is 151 Å². The summed E-state index contributed by atoms with van der Waals surface area (Å²) >= 11 is 6.14. The highest BCUT2D eigenvalue weighted by Gasteiger charge is 2.25. The zero-order valence-electron chi connectivity index (χ0n) is 14.9. The van der Waals surface area contributed by atoms with Crippen LogP contribution >= 0.6 is 11.6 Å². The van der Waals surface area contributed by atoms with E-state index in [-0.39, 0.29) is 16.1 Å². The van der Waals surface area contributed by atoms with Gasteiger partial charge in [-0.3, -0.25) is 23.6 Å². The van der Waals surface area contributed by atoms with Crippen molar-refractivity contribution in [2.45, 2.75) is 20.4 Å². The Hall–Kier alpha value is -2.18. The van der Waals surface area contributed by atoms with E-state index in [9.17, 15) is 14.4 Å². The molecule has 0 saturated heterocycles. The number of carbonyl (C=O) groups is 1. The molecule has 0 aliphatic heterocycles. The van der Waals surface area contributed by atoms with Gasteiger partial charge in [-0.15, -0.1) is 0 Å². The van der Waals surface area contributed by atoms with Crippen molar-refractivity contribution in [2.24, 2.45) is 14.1 Å². The number of halogens is 1. The van der Waals surface area contributed by atoms with E-state index < -0.39 is 17.0 Å². The predicted molar refractivity (Wildman–Crippen MR) is 98.4 cm³/mol. The monoisotopic (exact) mass is 363 g/mol. The van der Waals surface area contributed by atoms with Crippen LogP contribution in [0.4, 0.5) is 0 Å². The summed E-state index contributed by atoms with van der Waals surface area (Å²) < 4.78 is 2.32. The zero-order valence-corrected chi connectivity index (χ0v) is 15.6. The molecule has 0 bridgehead atoms. The number of rotatable bonds is 6. The van der Waals surface area contributed by atoms with Gasteiger partial charge in [0, 0.05) is 26.2 Å². The van der Waals surface area contributed by atoms with Gasteiger partial charge in [0.15, 0.2) is 0 Å². The molecule has 0 aliphatic carbocycles. The van der Waals surface area contributed by atoms with E-state index >= 15 is 0 Å². The fourth-order valence-electron chi connectivity index (χ4n) is 2.74. The zero-order chi connectivity index (χ0) is 18.7. The van der Waals surface area contributed by atoms with Crippen LogP contribution in [0.25, 0.3) is 0 Å². The summed E-state index contributed by atoms with van der Waals surface area (Å²) in [6.45, 7) is 5.77. The van der Waals surface area contributed by atoms with Crippen LogP contribution in [0.15, 0.2) is 33.9 Å². The van der Waals surface area contributed by atoms with Gasteiger partial charge in [0.05, 0.1) is 10.7 Å². The molecule has 0 unspecified atom stereocenters. The topological polar surface area (TPSA) is 64.3 Å². The number of ketones is 1.